The molecule has 0 radical (unpaired) electrons. The number of hydrogen-bond acceptors (Lipinski definition) is 2. The lowest BCUT2D eigenvalue weighted by Crippen LogP contribution is -2.41. The quantitative estimate of drug-likeness (QED) is 0.849. The Morgan fingerprint density at radius 3 is 2.91 bits per heavy atom. The number of rotatable bonds is 4. The van der Waals surface area contributed by atoms with Gasteiger partial charge in [-0.05, 0) is 43.5 Å². The van der Waals surface area contributed by atoms with Gasteiger partial charge in [-0.1, -0.05) is 24.1 Å². The van der Waals surface area contributed by atoms with E-state index in [0.717, 1.165) is 25.9 Å². The number of likely N-dealkylation sites (tertiary alicyclic amines) is 1. The third-order valence-electron chi connectivity index (χ3n) is 4.40. The molecule has 1 aliphatic heterocycles. The summed E-state index contributed by atoms with van der Waals surface area (Å²) in [6.45, 7) is 2.66. The molecule has 0 bridgehead atoms. The van der Waals surface area contributed by atoms with E-state index in [1.807, 2.05) is 0 Å². The van der Waals surface area contributed by atoms with Crippen molar-refractivity contribution in [2.45, 2.75) is 18.8 Å². The summed E-state index contributed by atoms with van der Waals surface area (Å²) < 4.78 is 0. The second-order valence-electron chi connectivity index (χ2n) is 5.82. The van der Waals surface area contributed by atoms with Gasteiger partial charge in [0.2, 0.25) is 5.91 Å². The lowest BCUT2D eigenvalue weighted by molar-refractivity contribution is -0.122. The molecule has 0 unspecified atom stereocenters. The first-order valence-corrected chi connectivity index (χ1v) is 7.76. The lowest BCUT2D eigenvalue weighted by atomic mass is 9.89. The number of hydrogen-bond donors (Lipinski definition) is 2. The van der Waals surface area contributed by atoms with E-state index in [1.165, 1.54) is 16.5 Å². The maximum atomic E-state index is 11.7. The number of carbonyl (C=O) groups is 1. The van der Waals surface area contributed by atoms with Gasteiger partial charge in [0.05, 0.1) is 13.1 Å². The van der Waals surface area contributed by atoms with Gasteiger partial charge in [0, 0.05) is 17.1 Å². The minimum absolute atomic E-state index is 0.0171. The van der Waals surface area contributed by atoms with Crippen LogP contribution in [0.3, 0.4) is 0 Å². The Labute approximate surface area is 130 Å². The second-order valence-corrected chi connectivity index (χ2v) is 5.82. The number of carbonyl (C=O) groups excluding carboxylic acids is 1. The van der Waals surface area contributed by atoms with Crippen molar-refractivity contribution >= 4 is 16.8 Å². The van der Waals surface area contributed by atoms with Crippen molar-refractivity contribution in [3.05, 3.63) is 36.0 Å². The Hall–Kier alpha value is -2.25. The Balaban J connectivity index is 1.58. The smallest absolute Gasteiger partial charge is 0.234 e. The topological polar surface area (TPSA) is 48.1 Å². The van der Waals surface area contributed by atoms with Crippen LogP contribution >= 0.6 is 0 Å². The van der Waals surface area contributed by atoms with E-state index in [-0.39, 0.29) is 5.91 Å². The van der Waals surface area contributed by atoms with Gasteiger partial charge in [0.1, 0.15) is 0 Å². The molecule has 0 aliphatic carbocycles. The van der Waals surface area contributed by atoms with Crippen molar-refractivity contribution in [2.75, 3.05) is 26.2 Å². The number of H-pyrrole nitrogens is 1. The van der Waals surface area contributed by atoms with Crippen LogP contribution < -0.4 is 5.32 Å². The molecule has 4 heteroatoms. The fourth-order valence-electron chi connectivity index (χ4n) is 3.24. The van der Waals surface area contributed by atoms with Gasteiger partial charge >= 0.3 is 0 Å². The third kappa shape index (κ3) is 3.15. The molecule has 22 heavy (non-hydrogen) atoms. The third-order valence-corrected chi connectivity index (χ3v) is 4.40. The SMILES string of the molecule is C#CCNC(=O)CN1CCC(c2c[nH]c3ccccc23)CC1. The highest BCUT2D eigenvalue weighted by atomic mass is 16.2. The van der Waals surface area contributed by atoms with Gasteiger partial charge in [-0.15, -0.1) is 6.42 Å². The van der Waals surface area contributed by atoms with Crippen molar-refractivity contribution in [3.8, 4) is 12.3 Å². The summed E-state index contributed by atoms with van der Waals surface area (Å²) in [7, 11) is 0. The summed E-state index contributed by atoms with van der Waals surface area (Å²) in [5.41, 5.74) is 2.61. The molecule has 1 aromatic heterocycles. The highest BCUT2D eigenvalue weighted by Crippen LogP contribution is 2.32. The van der Waals surface area contributed by atoms with Crippen LogP contribution in [-0.2, 0) is 4.79 Å². The molecule has 3 rings (SSSR count). The second kappa shape index (κ2) is 6.67. The molecular formula is C18H21N3O. The maximum Gasteiger partial charge on any atom is 0.234 e. The largest absolute Gasteiger partial charge is 0.361 e. The van der Waals surface area contributed by atoms with Crippen LogP contribution in [-0.4, -0.2) is 42.0 Å². The summed E-state index contributed by atoms with van der Waals surface area (Å²) in [5, 5.41) is 4.05. The van der Waals surface area contributed by atoms with Crippen molar-refractivity contribution in [1.82, 2.24) is 15.2 Å². The van der Waals surface area contributed by atoms with E-state index < -0.39 is 0 Å². The first-order chi connectivity index (χ1) is 10.8. The van der Waals surface area contributed by atoms with E-state index in [9.17, 15) is 4.79 Å². The molecule has 0 atom stereocenters. The number of piperidine rings is 1. The number of aromatic amines is 1. The van der Waals surface area contributed by atoms with E-state index in [1.54, 1.807) is 0 Å². The molecule has 1 amide bonds. The standard InChI is InChI=1S/C18H21N3O/c1-2-9-19-18(22)13-21-10-7-14(8-11-21)16-12-20-17-6-4-3-5-15(16)17/h1,3-6,12,14,20H,7-11,13H2,(H,19,22). The molecule has 0 spiro atoms. The van der Waals surface area contributed by atoms with Gasteiger partial charge in [0.25, 0.3) is 0 Å². The first kappa shape index (κ1) is 14.7. The predicted molar refractivity (Wildman–Crippen MR) is 88.6 cm³/mol. The average Bonchev–Trinajstić information content (AvgIpc) is 2.98. The van der Waals surface area contributed by atoms with Crippen LogP contribution in [0.4, 0.5) is 0 Å². The van der Waals surface area contributed by atoms with Crippen molar-refractivity contribution < 1.29 is 4.79 Å². The number of para-hydroxylation sites is 1. The first-order valence-electron chi connectivity index (χ1n) is 7.76. The zero-order valence-electron chi connectivity index (χ0n) is 12.6. The van der Waals surface area contributed by atoms with Crippen molar-refractivity contribution in [1.29, 1.82) is 0 Å². The Morgan fingerprint density at radius 1 is 1.36 bits per heavy atom. The number of amides is 1. The van der Waals surface area contributed by atoms with E-state index >= 15 is 0 Å². The summed E-state index contributed by atoms with van der Waals surface area (Å²) in [6, 6.07) is 8.44. The monoisotopic (exact) mass is 295 g/mol. The van der Waals surface area contributed by atoms with Crippen molar-refractivity contribution in [3.63, 3.8) is 0 Å². The number of aromatic nitrogens is 1. The van der Waals surface area contributed by atoms with Gasteiger partial charge < -0.3 is 10.3 Å². The Morgan fingerprint density at radius 2 is 2.14 bits per heavy atom. The average molecular weight is 295 g/mol. The molecule has 0 saturated carbocycles. The number of benzene rings is 1. The molecule has 1 saturated heterocycles. The van der Waals surface area contributed by atoms with Crippen LogP contribution in [0.25, 0.3) is 10.9 Å². The Bertz CT molecular complexity index is 690. The maximum absolute atomic E-state index is 11.7. The molecular weight excluding hydrogens is 274 g/mol. The predicted octanol–water partition coefficient (Wildman–Crippen LogP) is 2.10. The molecule has 1 aromatic carbocycles. The molecule has 4 nitrogen and oxygen atoms in total. The van der Waals surface area contributed by atoms with Crippen LogP contribution in [0, 0.1) is 12.3 Å². The molecule has 1 aliphatic rings. The summed E-state index contributed by atoms with van der Waals surface area (Å²) in [6.07, 6.45) is 9.47. The number of nitrogens with one attached hydrogen (secondary N) is 2. The highest BCUT2D eigenvalue weighted by Gasteiger charge is 2.23. The molecule has 1 fully saturated rings. The molecule has 114 valence electrons. The van der Waals surface area contributed by atoms with Gasteiger partial charge in [0.15, 0.2) is 0 Å². The fourth-order valence-corrected chi connectivity index (χ4v) is 3.24. The molecule has 2 heterocycles. The number of terminal acetylenes is 1. The lowest BCUT2D eigenvalue weighted by Gasteiger charge is -2.31. The zero-order valence-corrected chi connectivity index (χ0v) is 12.6. The minimum atomic E-state index is 0.0171. The van der Waals surface area contributed by atoms with Crippen LogP contribution in [0.5, 0.6) is 0 Å². The van der Waals surface area contributed by atoms with E-state index in [2.05, 4.69) is 51.6 Å². The molecule has 2 aromatic rings. The van der Waals surface area contributed by atoms with Crippen LogP contribution in [0.15, 0.2) is 30.5 Å². The van der Waals surface area contributed by atoms with Crippen LogP contribution in [0.1, 0.15) is 24.3 Å². The van der Waals surface area contributed by atoms with Crippen LogP contribution in [0.2, 0.25) is 0 Å². The minimum Gasteiger partial charge on any atom is -0.361 e. The van der Waals surface area contributed by atoms with Gasteiger partial charge in [-0.2, -0.15) is 0 Å². The molecule has 2 N–H and O–H groups in total. The van der Waals surface area contributed by atoms with Crippen molar-refractivity contribution in [2.24, 2.45) is 0 Å². The zero-order chi connectivity index (χ0) is 15.4. The van der Waals surface area contributed by atoms with E-state index in [0.29, 0.717) is 19.0 Å². The number of fused-ring (bicyclic) bond motifs is 1. The summed E-state index contributed by atoms with van der Waals surface area (Å²) in [4.78, 5) is 17.3. The fraction of sp³-hybridized carbons (Fsp3) is 0.389. The summed E-state index contributed by atoms with van der Waals surface area (Å²) >= 11 is 0. The summed E-state index contributed by atoms with van der Waals surface area (Å²) in [5.74, 6) is 3.01. The van der Waals surface area contributed by atoms with E-state index in [4.69, 9.17) is 6.42 Å². The van der Waals surface area contributed by atoms with Gasteiger partial charge in [-0.3, -0.25) is 9.69 Å². The Kier molecular flexibility index (Phi) is 4.45. The highest BCUT2D eigenvalue weighted by molar-refractivity contribution is 5.83. The normalized spacial score (nSPS) is 16.5. The number of nitrogens with zero attached hydrogens (tertiary/aromatic N) is 1. The van der Waals surface area contributed by atoms with Gasteiger partial charge in [-0.25, -0.2) is 0 Å².